The van der Waals surface area contributed by atoms with Crippen molar-refractivity contribution in [2.45, 2.75) is 23.3 Å². The molecular formula is C14H12FNO2S. The zero-order valence-electron chi connectivity index (χ0n) is 10.3. The van der Waals surface area contributed by atoms with Crippen LogP contribution in [0.25, 0.3) is 0 Å². The van der Waals surface area contributed by atoms with Crippen molar-refractivity contribution in [2.24, 2.45) is 0 Å². The summed E-state index contributed by atoms with van der Waals surface area (Å²) in [6.07, 6.45) is 0.651. The summed E-state index contributed by atoms with van der Waals surface area (Å²) in [4.78, 5) is 16.1. The second-order valence-corrected chi connectivity index (χ2v) is 5.00. The van der Waals surface area contributed by atoms with Crippen LogP contribution in [0.1, 0.15) is 23.0 Å². The summed E-state index contributed by atoms with van der Waals surface area (Å²) in [6.45, 7) is 1.91. The number of rotatable bonds is 4. The minimum Gasteiger partial charge on any atom is -0.478 e. The molecule has 2 rings (SSSR count). The van der Waals surface area contributed by atoms with Gasteiger partial charge in [0.1, 0.15) is 10.8 Å². The summed E-state index contributed by atoms with van der Waals surface area (Å²) in [6, 6.07) is 9.18. The zero-order valence-corrected chi connectivity index (χ0v) is 11.1. The molecule has 2 aromatic rings. The lowest BCUT2D eigenvalue weighted by molar-refractivity contribution is 0.0696. The van der Waals surface area contributed by atoms with Crippen molar-refractivity contribution in [3.05, 3.63) is 53.5 Å². The Morgan fingerprint density at radius 1 is 1.37 bits per heavy atom. The lowest BCUT2D eigenvalue weighted by Gasteiger charge is -2.05. The van der Waals surface area contributed by atoms with E-state index in [0.717, 1.165) is 0 Å². The summed E-state index contributed by atoms with van der Waals surface area (Å²) < 4.78 is 13.1. The smallest absolute Gasteiger partial charge is 0.335 e. The van der Waals surface area contributed by atoms with Gasteiger partial charge in [-0.2, -0.15) is 0 Å². The maximum atomic E-state index is 13.1. The number of benzene rings is 1. The van der Waals surface area contributed by atoms with E-state index in [4.69, 9.17) is 5.11 Å². The van der Waals surface area contributed by atoms with Crippen LogP contribution in [0.4, 0.5) is 4.39 Å². The molecule has 1 aromatic heterocycles. The summed E-state index contributed by atoms with van der Waals surface area (Å²) in [5.41, 5.74) is 0.907. The highest BCUT2D eigenvalue weighted by atomic mass is 32.2. The van der Waals surface area contributed by atoms with E-state index in [1.165, 1.54) is 30.0 Å². The van der Waals surface area contributed by atoms with Crippen LogP contribution in [-0.2, 0) is 6.42 Å². The first-order chi connectivity index (χ1) is 9.08. The molecule has 1 N–H and O–H groups in total. The molecule has 0 saturated carbocycles. The van der Waals surface area contributed by atoms with Gasteiger partial charge in [-0.15, -0.1) is 0 Å². The topological polar surface area (TPSA) is 50.2 Å². The molecule has 5 heteroatoms. The number of carbonyl (C=O) groups is 1. The molecule has 0 saturated heterocycles. The van der Waals surface area contributed by atoms with Gasteiger partial charge in [0.2, 0.25) is 0 Å². The highest BCUT2D eigenvalue weighted by Gasteiger charge is 2.09. The van der Waals surface area contributed by atoms with Gasteiger partial charge in [0, 0.05) is 10.6 Å². The first-order valence-electron chi connectivity index (χ1n) is 5.76. The molecule has 0 amide bonds. The first kappa shape index (κ1) is 13.5. The van der Waals surface area contributed by atoms with E-state index >= 15 is 0 Å². The molecule has 1 heterocycles. The van der Waals surface area contributed by atoms with Crippen molar-refractivity contribution < 1.29 is 14.3 Å². The predicted octanol–water partition coefficient (Wildman–Crippen LogP) is 3.63. The van der Waals surface area contributed by atoms with E-state index in [1.54, 1.807) is 18.2 Å². The molecular weight excluding hydrogens is 265 g/mol. The normalized spacial score (nSPS) is 10.4. The van der Waals surface area contributed by atoms with E-state index in [1.807, 2.05) is 6.92 Å². The van der Waals surface area contributed by atoms with Crippen molar-refractivity contribution >= 4 is 17.7 Å². The number of aryl methyl sites for hydroxylation is 1. The number of pyridine rings is 1. The molecule has 0 radical (unpaired) electrons. The maximum Gasteiger partial charge on any atom is 0.335 e. The van der Waals surface area contributed by atoms with Gasteiger partial charge in [0.25, 0.3) is 0 Å². The molecule has 0 aliphatic heterocycles. The molecule has 0 spiro atoms. The molecule has 0 aliphatic carbocycles. The molecule has 19 heavy (non-hydrogen) atoms. The number of hydrogen-bond acceptors (Lipinski definition) is 3. The Bertz CT molecular complexity index is 616. The van der Waals surface area contributed by atoms with Gasteiger partial charge in [-0.25, -0.2) is 14.2 Å². The third kappa shape index (κ3) is 3.54. The Morgan fingerprint density at radius 3 is 2.79 bits per heavy atom. The van der Waals surface area contributed by atoms with Crippen LogP contribution >= 0.6 is 11.8 Å². The van der Waals surface area contributed by atoms with Crippen molar-refractivity contribution in [1.82, 2.24) is 4.98 Å². The van der Waals surface area contributed by atoms with Crippen LogP contribution in [0, 0.1) is 5.82 Å². The van der Waals surface area contributed by atoms with Gasteiger partial charge in [0.05, 0.1) is 5.56 Å². The predicted molar refractivity (Wildman–Crippen MR) is 71.1 cm³/mol. The molecule has 0 atom stereocenters. The highest BCUT2D eigenvalue weighted by Crippen LogP contribution is 2.27. The summed E-state index contributed by atoms with van der Waals surface area (Å²) in [7, 11) is 0. The van der Waals surface area contributed by atoms with Crippen LogP contribution in [0.2, 0.25) is 0 Å². The second kappa shape index (κ2) is 5.84. The van der Waals surface area contributed by atoms with Crippen LogP contribution in [0.5, 0.6) is 0 Å². The van der Waals surface area contributed by atoms with Crippen molar-refractivity contribution in [3.63, 3.8) is 0 Å². The number of aromatic carboxylic acids is 1. The van der Waals surface area contributed by atoms with E-state index in [-0.39, 0.29) is 11.4 Å². The SMILES string of the molecule is CCc1cc(C(=O)O)cc(Sc2cccc(F)c2)n1. The van der Waals surface area contributed by atoms with Crippen LogP contribution in [0.15, 0.2) is 46.3 Å². The minimum atomic E-state index is -0.988. The number of carboxylic acids is 1. The molecule has 0 bridgehead atoms. The van der Waals surface area contributed by atoms with E-state index in [9.17, 15) is 9.18 Å². The number of carboxylic acid groups (broad SMARTS) is 1. The third-order valence-corrected chi connectivity index (χ3v) is 3.39. The molecule has 3 nitrogen and oxygen atoms in total. The fourth-order valence-corrected chi connectivity index (χ4v) is 2.48. The van der Waals surface area contributed by atoms with Gasteiger partial charge in [0.15, 0.2) is 0 Å². The van der Waals surface area contributed by atoms with Crippen molar-refractivity contribution in [1.29, 1.82) is 0 Å². The number of hydrogen-bond donors (Lipinski definition) is 1. The third-order valence-electron chi connectivity index (χ3n) is 2.48. The molecule has 0 fully saturated rings. The quantitative estimate of drug-likeness (QED) is 0.927. The monoisotopic (exact) mass is 277 g/mol. The van der Waals surface area contributed by atoms with E-state index in [2.05, 4.69) is 4.98 Å². The number of nitrogens with zero attached hydrogens (tertiary/aromatic N) is 1. The van der Waals surface area contributed by atoms with Crippen LogP contribution < -0.4 is 0 Å². The Morgan fingerprint density at radius 2 is 2.16 bits per heavy atom. The average Bonchev–Trinajstić information content (AvgIpc) is 2.38. The molecule has 98 valence electrons. The maximum absolute atomic E-state index is 13.1. The number of aromatic nitrogens is 1. The largest absolute Gasteiger partial charge is 0.478 e. The Kier molecular flexibility index (Phi) is 4.16. The van der Waals surface area contributed by atoms with Gasteiger partial charge in [-0.05, 0) is 36.8 Å². The van der Waals surface area contributed by atoms with Crippen LogP contribution in [-0.4, -0.2) is 16.1 Å². The zero-order chi connectivity index (χ0) is 13.8. The summed E-state index contributed by atoms with van der Waals surface area (Å²) in [5.74, 6) is -1.31. The lowest BCUT2D eigenvalue weighted by Crippen LogP contribution is -2.00. The van der Waals surface area contributed by atoms with E-state index < -0.39 is 5.97 Å². The Hall–Kier alpha value is -1.88. The number of halogens is 1. The lowest BCUT2D eigenvalue weighted by atomic mass is 10.2. The summed E-state index contributed by atoms with van der Waals surface area (Å²) in [5, 5.41) is 9.60. The van der Waals surface area contributed by atoms with Gasteiger partial charge < -0.3 is 5.11 Å². The second-order valence-electron chi connectivity index (χ2n) is 3.90. The average molecular weight is 277 g/mol. The summed E-state index contributed by atoms with van der Waals surface area (Å²) >= 11 is 1.25. The van der Waals surface area contributed by atoms with Gasteiger partial charge in [-0.1, -0.05) is 24.8 Å². The van der Waals surface area contributed by atoms with Crippen molar-refractivity contribution in [2.75, 3.05) is 0 Å². The van der Waals surface area contributed by atoms with Gasteiger partial charge >= 0.3 is 5.97 Å². The van der Waals surface area contributed by atoms with Crippen LogP contribution in [0.3, 0.4) is 0 Å². The fourth-order valence-electron chi connectivity index (χ4n) is 1.57. The first-order valence-corrected chi connectivity index (χ1v) is 6.58. The molecule has 0 unspecified atom stereocenters. The standard InChI is InChI=1S/C14H12FNO2S/c1-2-11-6-9(14(17)18)7-13(16-11)19-12-5-3-4-10(15)8-12/h3-8H,2H2,1H3,(H,17,18). The van der Waals surface area contributed by atoms with Gasteiger partial charge in [-0.3, -0.25) is 0 Å². The molecule has 1 aromatic carbocycles. The van der Waals surface area contributed by atoms with Crippen molar-refractivity contribution in [3.8, 4) is 0 Å². The Labute approximate surface area is 114 Å². The fraction of sp³-hybridized carbons (Fsp3) is 0.143. The Balaban J connectivity index is 2.34. The molecule has 0 aliphatic rings. The minimum absolute atomic E-state index is 0.200. The highest BCUT2D eigenvalue weighted by molar-refractivity contribution is 7.99. The van der Waals surface area contributed by atoms with E-state index in [0.29, 0.717) is 22.0 Å².